The maximum Gasteiger partial charge on any atom is 0.119 e. The molecule has 1 unspecified atom stereocenters. The minimum Gasteiger partial charge on any atom is -0.494 e. The third-order valence-corrected chi connectivity index (χ3v) is 5.44. The van der Waals surface area contributed by atoms with Crippen molar-refractivity contribution >= 4 is 12.4 Å². The first-order chi connectivity index (χ1) is 12.2. The predicted octanol–water partition coefficient (Wildman–Crippen LogP) is 5.54. The highest BCUT2D eigenvalue weighted by Crippen LogP contribution is 2.33. The van der Waals surface area contributed by atoms with Crippen LogP contribution in [-0.4, -0.2) is 36.2 Å². The van der Waals surface area contributed by atoms with Crippen LogP contribution in [0.3, 0.4) is 0 Å². The number of likely N-dealkylation sites (tertiary alicyclic amines) is 1. The number of unbranched alkanes of at least 4 members (excludes halogenated alkanes) is 3. The Morgan fingerprint density at radius 2 is 1.65 bits per heavy atom. The van der Waals surface area contributed by atoms with Gasteiger partial charge in [0, 0.05) is 6.54 Å². The number of ether oxygens (including phenoxy) is 1. The molecule has 0 bridgehead atoms. The van der Waals surface area contributed by atoms with Gasteiger partial charge in [-0.2, -0.15) is 0 Å². The molecule has 1 aromatic carbocycles. The lowest BCUT2D eigenvalue weighted by molar-refractivity contribution is 0.00476. The SMILES string of the molecule is CCCCCCC(O)(CCN1CCCCC1)c1ccc(OCC)cc1.Cl. The molecule has 1 aliphatic rings. The lowest BCUT2D eigenvalue weighted by atomic mass is 9.85. The summed E-state index contributed by atoms with van der Waals surface area (Å²) < 4.78 is 5.55. The normalized spacial score (nSPS) is 17.3. The van der Waals surface area contributed by atoms with Gasteiger partial charge in [-0.3, -0.25) is 0 Å². The Balaban J connectivity index is 0.00000338. The van der Waals surface area contributed by atoms with Crippen molar-refractivity contribution in [3.8, 4) is 5.75 Å². The third-order valence-electron chi connectivity index (χ3n) is 5.44. The summed E-state index contributed by atoms with van der Waals surface area (Å²) in [6.07, 6.45) is 10.4. The van der Waals surface area contributed by atoms with Crippen molar-refractivity contribution in [1.29, 1.82) is 0 Å². The number of halogens is 1. The van der Waals surface area contributed by atoms with Gasteiger partial charge in [0.1, 0.15) is 5.75 Å². The Morgan fingerprint density at radius 3 is 2.27 bits per heavy atom. The van der Waals surface area contributed by atoms with Crippen molar-refractivity contribution in [2.45, 2.75) is 77.2 Å². The summed E-state index contributed by atoms with van der Waals surface area (Å²) in [5, 5.41) is 11.5. The molecule has 1 N–H and O–H groups in total. The molecule has 2 rings (SSSR count). The predicted molar refractivity (Wildman–Crippen MR) is 112 cm³/mol. The lowest BCUT2D eigenvalue weighted by Gasteiger charge is -2.33. The quantitative estimate of drug-likeness (QED) is 0.509. The number of benzene rings is 1. The van der Waals surface area contributed by atoms with E-state index in [0.717, 1.165) is 37.1 Å². The molecule has 0 saturated carbocycles. The molecule has 0 spiro atoms. The van der Waals surface area contributed by atoms with Gasteiger partial charge in [-0.1, -0.05) is 51.2 Å². The summed E-state index contributed by atoms with van der Waals surface area (Å²) >= 11 is 0. The fourth-order valence-corrected chi connectivity index (χ4v) is 3.81. The van der Waals surface area contributed by atoms with Gasteiger partial charge in [0.2, 0.25) is 0 Å². The second-order valence-corrected chi connectivity index (χ2v) is 7.45. The molecule has 26 heavy (non-hydrogen) atoms. The molecule has 0 amide bonds. The van der Waals surface area contributed by atoms with Crippen molar-refractivity contribution in [2.75, 3.05) is 26.2 Å². The van der Waals surface area contributed by atoms with Crippen molar-refractivity contribution in [2.24, 2.45) is 0 Å². The third kappa shape index (κ3) is 7.46. The van der Waals surface area contributed by atoms with Crippen LogP contribution in [0.25, 0.3) is 0 Å². The highest BCUT2D eigenvalue weighted by molar-refractivity contribution is 5.85. The number of nitrogens with zero attached hydrogens (tertiary/aromatic N) is 1. The smallest absolute Gasteiger partial charge is 0.119 e. The van der Waals surface area contributed by atoms with E-state index >= 15 is 0 Å². The molecule has 0 radical (unpaired) electrons. The van der Waals surface area contributed by atoms with Crippen molar-refractivity contribution in [3.05, 3.63) is 29.8 Å². The van der Waals surface area contributed by atoms with Gasteiger partial charge < -0.3 is 14.7 Å². The van der Waals surface area contributed by atoms with Crippen LogP contribution in [0.15, 0.2) is 24.3 Å². The Kier molecular flexibility index (Phi) is 11.3. The fraction of sp³-hybridized carbons (Fsp3) is 0.727. The molecule has 150 valence electrons. The van der Waals surface area contributed by atoms with Crippen LogP contribution in [0.5, 0.6) is 5.75 Å². The Hall–Kier alpha value is -0.770. The first-order valence-corrected chi connectivity index (χ1v) is 10.4. The van der Waals surface area contributed by atoms with Gasteiger partial charge in [-0.15, -0.1) is 12.4 Å². The molecule has 1 atom stereocenters. The van der Waals surface area contributed by atoms with Gasteiger partial charge in [0.05, 0.1) is 12.2 Å². The zero-order valence-electron chi connectivity index (χ0n) is 16.7. The van der Waals surface area contributed by atoms with E-state index < -0.39 is 5.60 Å². The first kappa shape index (κ1) is 23.3. The summed E-state index contributed by atoms with van der Waals surface area (Å²) in [6.45, 7) is 8.28. The van der Waals surface area contributed by atoms with E-state index in [-0.39, 0.29) is 12.4 Å². The number of aliphatic hydroxyl groups is 1. The molecule has 0 aliphatic carbocycles. The Bertz CT molecular complexity index is 474. The number of rotatable bonds is 11. The molecule has 1 saturated heterocycles. The molecule has 0 aromatic heterocycles. The zero-order valence-corrected chi connectivity index (χ0v) is 17.5. The number of piperidine rings is 1. The molecule has 1 aliphatic heterocycles. The van der Waals surface area contributed by atoms with Crippen LogP contribution in [0.2, 0.25) is 0 Å². The van der Waals surface area contributed by atoms with Gasteiger partial charge in [-0.05, 0) is 63.4 Å². The maximum atomic E-state index is 11.5. The standard InChI is InChI=1S/C22H37NO2.ClH/c1-3-5-6-8-15-22(24,16-19-23-17-9-7-10-18-23)20-11-13-21(14-12-20)25-4-2;/h11-14,24H,3-10,15-19H2,1-2H3;1H. The Morgan fingerprint density at radius 1 is 0.962 bits per heavy atom. The molecule has 1 fully saturated rings. The van der Waals surface area contributed by atoms with E-state index in [1.165, 1.54) is 51.6 Å². The van der Waals surface area contributed by atoms with Crippen LogP contribution in [0, 0.1) is 0 Å². The number of hydrogen-bond donors (Lipinski definition) is 1. The van der Waals surface area contributed by atoms with Crippen LogP contribution in [-0.2, 0) is 5.60 Å². The van der Waals surface area contributed by atoms with E-state index in [4.69, 9.17) is 4.74 Å². The van der Waals surface area contributed by atoms with Crippen LogP contribution in [0.1, 0.15) is 77.2 Å². The van der Waals surface area contributed by atoms with Crippen LogP contribution >= 0.6 is 12.4 Å². The largest absolute Gasteiger partial charge is 0.494 e. The fourth-order valence-electron chi connectivity index (χ4n) is 3.81. The lowest BCUT2D eigenvalue weighted by Crippen LogP contribution is -2.36. The average molecular weight is 384 g/mol. The van der Waals surface area contributed by atoms with Gasteiger partial charge in [0.15, 0.2) is 0 Å². The van der Waals surface area contributed by atoms with Gasteiger partial charge in [-0.25, -0.2) is 0 Å². The first-order valence-electron chi connectivity index (χ1n) is 10.4. The summed E-state index contributed by atoms with van der Waals surface area (Å²) in [5.41, 5.74) is 0.333. The minimum absolute atomic E-state index is 0. The molecule has 4 heteroatoms. The minimum atomic E-state index is -0.712. The van der Waals surface area contributed by atoms with Crippen LogP contribution in [0.4, 0.5) is 0 Å². The Labute approximate surface area is 166 Å². The summed E-state index contributed by atoms with van der Waals surface area (Å²) in [5.74, 6) is 0.885. The molecule has 3 nitrogen and oxygen atoms in total. The molecule has 1 heterocycles. The molecular weight excluding hydrogens is 346 g/mol. The van der Waals surface area contributed by atoms with E-state index in [1.54, 1.807) is 0 Å². The van der Waals surface area contributed by atoms with E-state index in [2.05, 4.69) is 24.0 Å². The summed E-state index contributed by atoms with van der Waals surface area (Å²) in [4.78, 5) is 2.52. The maximum absolute atomic E-state index is 11.5. The van der Waals surface area contributed by atoms with Gasteiger partial charge in [0.25, 0.3) is 0 Å². The second kappa shape index (κ2) is 12.6. The molecular formula is C22H38ClNO2. The van der Waals surface area contributed by atoms with Crippen LogP contribution < -0.4 is 4.74 Å². The average Bonchev–Trinajstić information content (AvgIpc) is 2.65. The monoisotopic (exact) mass is 383 g/mol. The second-order valence-electron chi connectivity index (χ2n) is 7.45. The van der Waals surface area contributed by atoms with Gasteiger partial charge >= 0.3 is 0 Å². The number of hydrogen-bond acceptors (Lipinski definition) is 3. The van der Waals surface area contributed by atoms with Crippen molar-refractivity contribution in [1.82, 2.24) is 4.90 Å². The molecule has 1 aromatic rings. The van der Waals surface area contributed by atoms with Crippen molar-refractivity contribution in [3.63, 3.8) is 0 Å². The highest BCUT2D eigenvalue weighted by atomic mass is 35.5. The summed E-state index contributed by atoms with van der Waals surface area (Å²) in [7, 11) is 0. The zero-order chi connectivity index (χ0) is 18.0. The van der Waals surface area contributed by atoms with E-state index in [9.17, 15) is 5.11 Å². The topological polar surface area (TPSA) is 32.7 Å². The van der Waals surface area contributed by atoms with Crippen molar-refractivity contribution < 1.29 is 9.84 Å². The summed E-state index contributed by atoms with van der Waals surface area (Å²) in [6, 6.07) is 8.11. The highest BCUT2D eigenvalue weighted by Gasteiger charge is 2.29. The van der Waals surface area contributed by atoms with E-state index in [1.807, 2.05) is 19.1 Å². The van der Waals surface area contributed by atoms with E-state index in [0.29, 0.717) is 6.61 Å².